The van der Waals surface area contributed by atoms with Crippen molar-refractivity contribution < 1.29 is 0 Å². The highest BCUT2D eigenvalue weighted by Gasteiger charge is 2.45. The number of hydrogen-bond acceptors (Lipinski definition) is 0. The largest absolute Gasteiger partial charge is 0.193 e. The first kappa shape index (κ1) is 8.22. The van der Waals surface area contributed by atoms with Crippen LogP contribution in [0.2, 0.25) is 0 Å². The second-order valence-electron chi connectivity index (χ2n) is 3.43. The van der Waals surface area contributed by atoms with E-state index in [9.17, 15) is 0 Å². The highest BCUT2D eigenvalue weighted by atomic mass is 35.6. The van der Waals surface area contributed by atoms with Crippen LogP contribution in [0.25, 0.3) is 0 Å². The first-order valence-electron chi connectivity index (χ1n) is 3.82. The Labute approximate surface area is 81.5 Å². The Morgan fingerprint density at radius 3 is 2.09 bits per heavy atom. The molecule has 0 aromatic carbocycles. The van der Waals surface area contributed by atoms with Gasteiger partial charge in [0.2, 0.25) is 0 Å². The van der Waals surface area contributed by atoms with Gasteiger partial charge in [-0.15, -0.1) is 0 Å². The molecule has 62 valence electrons. The Morgan fingerprint density at radius 1 is 1.09 bits per heavy atom. The summed E-state index contributed by atoms with van der Waals surface area (Å²) in [5.74, 6) is 1.45. The smallest absolute Gasteiger partial charge is 0.0851 e. The third kappa shape index (κ3) is 1.41. The molecule has 2 bridgehead atoms. The average Bonchev–Trinajstić information content (AvgIpc) is 2.42. The molecule has 1 fully saturated rings. The number of rotatable bonds is 0. The van der Waals surface area contributed by atoms with Gasteiger partial charge in [-0.1, -0.05) is 47.0 Å². The Morgan fingerprint density at radius 2 is 1.82 bits per heavy atom. The van der Waals surface area contributed by atoms with Crippen molar-refractivity contribution in [1.82, 2.24) is 0 Å². The van der Waals surface area contributed by atoms with Crippen LogP contribution in [0.15, 0.2) is 12.2 Å². The molecule has 0 saturated heterocycles. The van der Waals surface area contributed by atoms with Crippen LogP contribution in [0.5, 0.6) is 0 Å². The zero-order valence-corrected chi connectivity index (χ0v) is 8.20. The zero-order chi connectivity index (χ0) is 8.06. The quantitative estimate of drug-likeness (QED) is 0.424. The van der Waals surface area contributed by atoms with E-state index < -0.39 is 3.79 Å². The van der Waals surface area contributed by atoms with E-state index in [-0.39, 0.29) is 5.92 Å². The molecule has 2 aliphatic rings. The molecule has 0 aromatic rings. The molecule has 3 atom stereocenters. The molecule has 0 nitrogen and oxygen atoms in total. The van der Waals surface area contributed by atoms with E-state index in [1.165, 1.54) is 6.42 Å². The molecule has 1 saturated carbocycles. The summed E-state index contributed by atoms with van der Waals surface area (Å²) in [6.07, 6.45) is 6.69. The van der Waals surface area contributed by atoms with Crippen LogP contribution in [-0.4, -0.2) is 3.79 Å². The van der Waals surface area contributed by atoms with E-state index in [1.54, 1.807) is 0 Å². The van der Waals surface area contributed by atoms with E-state index in [0.717, 1.165) is 6.42 Å². The topological polar surface area (TPSA) is 0 Å². The minimum atomic E-state index is -1.05. The Balaban J connectivity index is 2.15. The van der Waals surface area contributed by atoms with Gasteiger partial charge in [0, 0.05) is 5.92 Å². The summed E-state index contributed by atoms with van der Waals surface area (Å²) < 4.78 is -1.05. The van der Waals surface area contributed by atoms with Crippen LogP contribution in [0.4, 0.5) is 0 Å². The molecule has 0 radical (unpaired) electrons. The Kier molecular flexibility index (Phi) is 1.90. The van der Waals surface area contributed by atoms with Crippen LogP contribution in [0.3, 0.4) is 0 Å². The summed E-state index contributed by atoms with van der Waals surface area (Å²) in [4.78, 5) is 0. The summed E-state index contributed by atoms with van der Waals surface area (Å²) in [6.45, 7) is 0. The highest BCUT2D eigenvalue weighted by molar-refractivity contribution is 6.67. The monoisotopic (exact) mass is 210 g/mol. The van der Waals surface area contributed by atoms with Crippen molar-refractivity contribution in [2.45, 2.75) is 16.6 Å². The summed E-state index contributed by atoms with van der Waals surface area (Å²) in [5, 5.41) is 0. The fraction of sp³-hybridized carbons (Fsp3) is 0.750. The van der Waals surface area contributed by atoms with Gasteiger partial charge in [-0.2, -0.15) is 0 Å². The van der Waals surface area contributed by atoms with Crippen LogP contribution >= 0.6 is 34.8 Å². The normalized spacial score (nSPS) is 41.9. The van der Waals surface area contributed by atoms with Gasteiger partial charge in [0.15, 0.2) is 3.79 Å². The second kappa shape index (κ2) is 2.55. The molecule has 0 amide bonds. The van der Waals surface area contributed by atoms with Crippen LogP contribution < -0.4 is 0 Å². The van der Waals surface area contributed by atoms with Crippen molar-refractivity contribution in [2.24, 2.45) is 17.8 Å². The fourth-order valence-electron chi connectivity index (χ4n) is 2.16. The summed E-state index contributed by atoms with van der Waals surface area (Å²) in [7, 11) is 0. The maximum Gasteiger partial charge on any atom is 0.193 e. The molecule has 0 aromatic heterocycles. The number of halogens is 3. The van der Waals surface area contributed by atoms with Gasteiger partial charge in [-0.25, -0.2) is 0 Å². The van der Waals surface area contributed by atoms with Crippen molar-refractivity contribution in [2.75, 3.05) is 0 Å². The zero-order valence-electron chi connectivity index (χ0n) is 5.93. The molecule has 0 N–H and O–H groups in total. The minimum Gasteiger partial charge on any atom is -0.0851 e. The number of allylic oxidation sites excluding steroid dienone is 2. The highest BCUT2D eigenvalue weighted by Crippen LogP contribution is 2.53. The number of alkyl halides is 3. The Bertz CT molecular complexity index is 192. The minimum absolute atomic E-state index is 0.252. The molecule has 2 aliphatic carbocycles. The lowest BCUT2D eigenvalue weighted by molar-refractivity contribution is 0.456. The van der Waals surface area contributed by atoms with E-state index in [1.807, 2.05) is 0 Å². The lowest BCUT2D eigenvalue weighted by Crippen LogP contribution is -2.22. The molecule has 3 heteroatoms. The van der Waals surface area contributed by atoms with Crippen molar-refractivity contribution in [1.29, 1.82) is 0 Å². The van der Waals surface area contributed by atoms with Crippen molar-refractivity contribution in [3.05, 3.63) is 12.2 Å². The van der Waals surface area contributed by atoms with Crippen LogP contribution in [0, 0.1) is 17.8 Å². The van der Waals surface area contributed by atoms with Crippen molar-refractivity contribution in [3.63, 3.8) is 0 Å². The predicted molar refractivity (Wildman–Crippen MR) is 49.1 cm³/mol. The lowest BCUT2D eigenvalue weighted by Gasteiger charge is -2.25. The van der Waals surface area contributed by atoms with E-state index in [0.29, 0.717) is 11.8 Å². The molecule has 0 spiro atoms. The summed E-state index contributed by atoms with van der Waals surface area (Å²) in [5.41, 5.74) is 0. The van der Waals surface area contributed by atoms with Gasteiger partial charge in [0.25, 0.3) is 0 Å². The summed E-state index contributed by atoms with van der Waals surface area (Å²) in [6, 6.07) is 0. The maximum atomic E-state index is 5.83. The second-order valence-corrected chi connectivity index (χ2v) is 5.80. The standard InChI is InChI=1S/C8H9Cl3/c9-8(10,11)7-4-5-1-2-6(7)3-5/h1-2,5-7H,3-4H2. The maximum absolute atomic E-state index is 5.83. The average molecular weight is 212 g/mol. The van der Waals surface area contributed by atoms with E-state index in [4.69, 9.17) is 34.8 Å². The third-order valence-electron chi connectivity index (χ3n) is 2.70. The molecule has 0 heterocycles. The van der Waals surface area contributed by atoms with E-state index in [2.05, 4.69) is 12.2 Å². The summed E-state index contributed by atoms with van der Waals surface area (Å²) >= 11 is 17.5. The van der Waals surface area contributed by atoms with Crippen molar-refractivity contribution in [3.8, 4) is 0 Å². The molecular weight excluding hydrogens is 202 g/mol. The molecule has 3 unspecified atom stereocenters. The van der Waals surface area contributed by atoms with Gasteiger partial charge >= 0.3 is 0 Å². The third-order valence-corrected chi connectivity index (χ3v) is 3.54. The molecule has 11 heavy (non-hydrogen) atoms. The van der Waals surface area contributed by atoms with Gasteiger partial charge in [-0.05, 0) is 24.7 Å². The van der Waals surface area contributed by atoms with Gasteiger partial charge in [0.05, 0.1) is 0 Å². The SMILES string of the molecule is ClC(Cl)(Cl)C1CC2C=CC1C2. The molecular formula is C8H9Cl3. The Hall–Kier alpha value is 0.610. The lowest BCUT2D eigenvalue weighted by atomic mass is 9.95. The van der Waals surface area contributed by atoms with Crippen LogP contribution in [-0.2, 0) is 0 Å². The van der Waals surface area contributed by atoms with Gasteiger partial charge < -0.3 is 0 Å². The number of hydrogen-bond donors (Lipinski definition) is 0. The molecule has 0 aliphatic heterocycles. The van der Waals surface area contributed by atoms with Crippen LogP contribution in [0.1, 0.15) is 12.8 Å². The molecule has 2 rings (SSSR count). The van der Waals surface area contributed by atoms with Crippen molar-refractivity contribution >= 4 is 34.8 Å². The van der Waals surface area contributed by atoms with Gasteiger partial charge in [-0.3, -0.25) is 0 Å². The predicted octanol–water partition coefficient (Wildman–Crippen LogP) is 3.57. The number of fused-ring (bicyclic) bond motifs is 2. The van der Waals surface area contributed by atoms with E-state index >= 15 is 0 Å². The fourth-order valence-corrected chi connectivity index (χ4v) is 2.91. The first-order valence-corrected chi connectivity index (χ1v) is 4.96. The van der Waals surface area contributed by atoms with Gasteiger partial charge in [0.1, 0.15) is 0 Å². The first-order chi connectivity index (χ1) is 5.07.